The predicted octanol–water partition coefficient (Wildman–Crippen LogP) is 3.54. The van der Waals surface area contributed by atoms with Gasteiger partial charge in [-0.2, -0.15) is 5.10 Å². The smallest absolute Gasteiger partial charge is 0.124 e. The second-order valence-electron chi connectivity index (χ2n) is 4.20. The standard InChI is InChI=1S/C15H16N2O/c1-11-8-9-14(15(18)10-11)12(2)16-17-13-6-4-3-5-7-13/h3-10,17-18H,1-2H3. The average molecular weight is 240 g/mol. The summed E-state index contributed by atoms with van der Waals surface area (Å²) in [5.41, 5.74) is 6.40. The lowest BCUT2D eigenvalue weighted by Crippen LogP contribution is -2.00. The summed E-state index contributed by atoms with van der Waals surface area (Å²) in [7, 11) is 0. The molecular formula is C15H16N2O. The molecule has 0 spiro atoms. The van der Waals surface area contributed by atoms with Crippen molar-refractivity contribution < 1.29 is 5.11 Å². The molecule has 2 aromatic carbocycles. The van der Waals surface area contributed by atoms with Crippen LogP contribution in [0, 0.1) is 6.92 Å². The number of rotatable bonds is 3. The third kappa shape index (κ3) is 2.88. The van der Waals surface area contributed by atoms with Crippen LogP contribution in [0.4, 0.5) is 5.69 Å². The Morgan fingerprint density at radius 3 is 2.50 bits per heavy atom. The first kappa shape index (κ1) is 12.2. The molecular weight excluding hydrogens is 224 g/mol. The maximum atomic E-state index is 9.85. The minimum absolute atomic E-state index is 0.256. The van der Waals surface area contributed by atoms with Crippen LogP contribution in [-0.2, 0) is 0 Å². The van der Waals surface area contributed by atoms with E-state index in [0.717, 1.165) is 22.5 Å². The van der Waals surface area contributed by atoms with Crippen LogP contribution in [0.5, 0.6) is 5.75 Å². The van der Waals surface area contributed by atoms with Crippen molar-refractivity contribution in [3.63, 3.8) is 0 Å². The monoisotopic (exact) mass is 240 g/mol. The number of phenolic OH excluding ortho intramolecular Hbond substituents is 1. The first-order valence-electron chi connectivity index (χ1n) is 5.82. The molecule has 0 saturated carbocycles. The topological polar surface area (TPSA) is 44.6 Å². The van der Waals surface area contributed by atoms with Crippen molar-refractivity contribution in [2.45, 2.75) is 13.8 Å². The summed E-state index contributed by atoms with van der Waals surface area (Å²) in [6.45, 7) is 3.80. The summed E-state index contributed by atoms with van der Waals surface area (Å²) in [5.74, 6) is 0.256. The van der Waals surface area contributed by atoms with Crippen molar-refractivity contribution in [3.8, 4) is 5.75 Å². The predicted molar refractivity (Wildman–Crippen MR) is 75.1 cm³/mol. The summed E-state index contributed by atoms with van der Waals surface area (Å²) in [4.78, 5) is 0. The summed E-state index contributed by atoms with van der Waals surface area (Å²) in [5, 5.41) is 14.1. The number of nitrogens with zero attached hydrogens (tertiary/aromatic N) is 1. The quantitative estimate of drug-likeness (QED) is 0.636. The third-order valence-electron chi connectivity index (χ3n) is 2.67. The fraction of sp³-hybridized carbons (Fsp3) is 0.133. The minimum atomic E-state index is 0.256. The molecule has 92 valence electrons. The summed E-state index contributed by atoms with van der Waals surface area (Å²) in [6.07, 6.45) is 0. The van der Waals surface area contributed by atoms with E-state index in [-0.39, 0.29) is 5.75 Å². The highest BCUT2D eigenvalue weighted by Crippen LogP contribution is 2.19. The number of phenols is 1. The number of aromatic hydroxyl groups is 1. The molecule has 0 heterocycles. The Morgan fingerprint density at radius 1 is 1.11 bits per heavy atom. The largest absolute Gasteiger partial charge is 0.507 e. The highest BCUT2D eigenvalue weighted by atomic mass is 16.3. The zero-order chi connectivity index (χ0) is 13.0. The van der Waals surface area contributed by atoms with Crippen molar-refractivity contribution in [2.75, 3.05) is 5.43 Å². The van der Waals surface area contributed by atoms with Crippen molar-refractivity contribution in [2.24, 2.45) is 5.10 Å². The van der Waals surface area contributed by atoms with Gasteiger partial charge in [-0.05, 0) is 43.7 Å². The van der Waals surface area contributed by atoms with Gasteiger partial charge in [0.25, 0.3) is 0 Å². The van der Waals surface area contributed by atoms with Crippen LogP contribution < -0.4 is 5.43 Å². The molecule has 0 saturated heterocycles. The van der Waals surface area contributed by atoms with E-state index in [1.54, 1.807) is 6.07 Å². The number of benzene rings is 2. The molecule has 0 aliphatic rings. The van der Waals surface area contributed by atoms with Gasteiger partial charge in [0, 0.05) is 5.56 Å². The van der Waals surface area contributed by atoms with E-state index in [1.807, 2.05) is 56.3 Å². The first-order chi connectivity index (χ1) is 8.66. The molecule has 0 atom stereocenters. The van der Waals surface area contributed by atoms with Crippen LogP contribution in [-0.4, -0.2) is 10.8 Å². The van der Waals surface area contributed by atoms with Crippen LogP contribution in [0.1, 0.15) is 18.1 Å². The molecule has 0 aromatic heterocycles. The molecule has 2 N–H and O–H groups in total. The molecule has 0 aliphatic heterocycles. The SMILES string of the molecule is CC(=NNc1ccccc1)c1ccc(C)cc1O. The lowest BCUT2D eigenvalue weighted by molar-refractivity contribution is 0.473. The zero-order valence-electron chi connectivity index (χ0n) is 10.5. The lowest BCUT2D eigenvalue weighted by Gasteiger charge is -2.06. The third-order valence-corrected chi connectivity index (χ3v) is 2.67. The number of aryl methyl sites for hydroxylation is 1. The van der Waals surface area contributed by atoms with Crippen molar-refractivity contribution in [1.29, 1.82) is 0 Å². The molecule has 0 aliphatic carbocycles. The Bertz CT molecular complexity index is 562. The Hall–Kier alpha value is -2.29. The molecule has 0 unspecified atom stereocenters. The van der Waals surface area contributed by atoms with Crippen molar-refractivity contribution in [1.82, 2.24) is 0 Å². The second kappa shape index (κ2) is 5.36. The van der Waals surface area contributed by atoms with Gasteiger partial charge in [-0.15, -0.1) is 0 Å². The Labute approximate surface area is 107 Å². The van der Waals surface area contributed by atoms with Gasteiger partial charge in [-0.1, -0.05) is 24.3 Å². The Kier molecular flexibility index (Phi) is 3.63. The normalized spacial score (nSPS) is 11.3. The van der Waals surface area contributed by atoms with Crippen LogP contribution in [0.25, 0.3) is 0 Å². The van der Waals surface area contributed by atoms with E-state index >= 15 is 0 Å². The van der Waals surface area contributed by atoms with Gasteiger partial charge < -0.3 is 5.11 Å². The summed E-state index contributed by atoms with van der Waals surface area (Å²) in [6, 6.07) is 15.3. The van der Waals surface area contributed by atoms with Gasteiger partial charge in [-0.25, -0.2) is 0 Å². The van der Waals surface area contributed by atoms with Crippen LogP contribution in [0.2, 0.25) is 0 Å². The molecule has 2 rings (SSSR count). The Morgan fingerprint density at radius 2 is 1.83 bits per heavy atom. The number of anilines is 1. The lowest BCUT2D eigenvalue weighted by atomic mass is 10.1. The molecule has 2 aromatic rings. The molecule has 0 bridgehead atoms. The van der Waals surface area contributed by atoms with Crippen molar-refractivity contribution in [3.05, 3.63) is 59.7 Å². The minimum Gasteiger partial charge on any atom is -0.507 e. The number of hydrogen-bond donors (Lipinski definition) is 2. The van der Waals surface area contributed by atoms with E-state index in [2.05, 4.69) is 10.5 Å². The number of nitrogens with one attached hydrogen (secondary N) is 1. The van der Waals surface area contributed by atoms with Crippen LogP contribution in [0.15, 0.2) is 53.6 Å². The number of para-hydroxylation sites is 1. The second-order valence-corrected chi connectivity index (χ2v) is 4.20. The maximum Gasteiger partial charge on any atom is 0.124 e. The van der Waals surface area contributed by atoms with Crippen LogP contribution >= 0.6 is 0 Å². The van der Waals surface area contributed by atoms with Gasteiger partial charge in [-0.3, -0.25) is 5.43 Å². The van der Waals surface area contributed by atoms with E-state index < -0.39 is 0 Å². The fourth-order valence-corrected chi connectivity index (χ4v) is 1.67. The maximum absolute atomic E-state index is 9.85. The van der Waals surface area contributed by atoms with E-state index in [0.29, 0.717) is 0 Å². The fourth-order valence-electron chi connectivity index (χ4n) is 1.67. The molecule has 0 radical (unpaired) electrons. The molecule has 0 amide bonds. The summed E-state index contributed by atoms with van der Waals surface area (Å²) >= 11 is 0. The number of hydrogen-bond acceptors (Lipinski definition) is 3. The highest BCUT2D eigenvalue weighted by molar-refractivity contribution is 6.01. The van der Waals surface area contributed by atoms with Gasteiger partial charge in [0.15, 0.2) is 0 Å². The molecule has 3 heteroatoms. The van der Waals surface area contributed by atoms with Gasteiger partial charge in [0.05, 0.1) is 11.4 Å². The summed E-state index contributed by atoms with van der Waals surface area (Å²) < 4.78 is 0. The average Bonchev–Trinajstić information content (AvgIpc) is 2.37. The first-order valence-corrected chi connectivity index (χ1v) is 5.82. The molecule has 0 fully saturated rings. The van der Waals surface area contributed by atoms with Crippen molar-refractivity contribution >= 4 is 11.4 Å². The molecule has 18 heavy (non-hydrogen) atoms. The Balaban J connectivity index is 2.18. The van der Waals surface area contributed by atoms with Gasteiger partial charge in [0.1, 0.15) is 5.75 Å². The zero-order valence-corrected chi connectivity index (χ0v) is 10.5. The molecule has 3 nitrogen and oxygen atoms in total. The van der Waals surface area contributed by atoms with Crippen LogP contribution in [0.3, 0.4) is 0 Å². The van der Waals surface area contributed by atoms with E-state index in [1.165, 1.54) is 0 Å². The van der Waals surface area contributed by atoms with E-state index in [9.17, 15) is 5.11 Å². The van der Waals surface area contributed by atoms with E-state index in [4.69, 9.17) is 0 Å². The van der Waals surface area contributed by atoms with Gasteiger partial charge in [0.2, 0.25) is 0 Å². The number of hydrazone groups is 1. The highest BCUT2D eigenvalue weighted by Gasteiger charge is 2.04. The van der Waals surface area contributed by atoms with Gasteiger partial charge >= 0.3 is 0 Å².